The highest BCUT2D eigenvalue weighted by atomic mass is 16.5. The molecule has 0 fully saturated rings. The number of nitrogens with zero attached hydrogens (tertiary/aromatic N) is 2. The summed E-state index contributed by atoms with van der Waals surface area (Å²) in [4.78, 5) is 58.1. The van der Waals surface area contributed by atoms with E-state index in [9.17, 15) is 19.2 Å². The number of hydrogen-bond donors (Lipinski definition) is 4. The number of nitrogens with two attached hydrogens (primary N) is 2. The molecule has 42 heavy (non-hydrogen) atoms. The molecule has 222 valence electrons. The minimum atomic E-state index is -1.20. The molecule has 0 saturated carbocycles. The van der Waals surface area contributed by atoms with Crippen LogP contribution in [-0.2, 0) is 41.8 Å². The fourth-order valence-corrected chi connectivity index (χ4v) is 3.61. The van der Waals surface area contributed by atoms with Crippen LogP contribution in [0, 0.1) is 0 Å². The number of carbonyl (C=O) groups is 4. The van der Waals surface area contributed by atoms with E-state index in [0.717, 1.165) is 25.3 Å². The van der Waals surface area contributed by atoms with Gasteiger partial charge in [-0.3, -0.25) is 9.59 Å². The number of nitrogens with one attached hydrogen (secondary N) is 2. The van der Waals surface area contributed by atoms with Crippen molar-refractivity contribution in [1.29, 1.82) is 0 Å². The predicted octanol–water partition coefficient (Wildman–Crippen LogP) is 0.617. The molecule has 3 rings (SSSR count). The van der Waals surface area contributed by atoms with Crippen molar-refractivity contribution in [2.24, 2.45) is 0 Å². The van der Waals surface area contributed by atoms with Crippen molar-refractivity contribution in [2.75, 3.05) is 38.9 Å². The molecule has 0 aliphatic carbocycles. The Hall–Kier alpha value is -5.08. The zero-order valence-electron chi connectivity index (χ0n) is 23.1. The van der Waals surface area contributed by atoms with E-state index in [2.05, 4.69) is 20.6 Å². The lowest BCUT2D eigenvalue weighted by atomic mass is 10.2. The molecule has 2 amide bonds. The Morgan fingerprint density at radius 2 is 1.02 bits per heavy atom. The van der Waals surface area contributed by atoms with Crippen LogP contribution < -0.4 is 22.1 Å². The summed E-state index contributed by atoms with van der Waals surface area (Å²) >= 11 is 0. The Morgan fingerprint density at radius 3 is 1.36 bits per heavy atom. The van der Waals surface area contributed by atoms with Gasteiger partial charge < -0.3 is 41.0 Å². The zero-order valence-corrected chi connectivity index (χ0v) is 23.1. The Bertz CT molecular complexity index is 1270. The summed E-state index contributed by atoms with van der Waals surface area (Å²) in [6.07, 6.45) is 0. The van der Waals surface area contributed by atoms with Crippen molar-refractivity contribution in [3.8, 4) is 0 Å². The number of nitrogen functional groups attached to an aromatic ring is 2. The van der Waals surface area contributed by atoms with Crippen LogP contribution in [-0.4, -0.2) is 73.2 Å². The summed E-state index contributed by atoms with van der Waals surface area (Å²) in [5.41, 5.74) is 12.7. The second-order valence-electron chi connectivity index (χ2n) is 8.79. The van der Waals surface area contributed by atoms with Gasteiger partial charge in [-0.15, -0.1) is 0 Å². The van der Waals surface area contributed by atoms with Crippen LogP contribution in [0.5, 0.6) is 0 Å². The predicted molar refractivity (Wildman–Crippen MR) is 150 cm³/mol. The molecule has 14 heteroatoms. The third kappa shape index (κ3) is 8.97. The molecule has 2 aromatic carbocycles. The van der Waals surface area contributed by atoms with Crippen LogP contribution in [0.2, 0.25) is 0 Å². The lowest BCUT2D eigenvalue weighted by Gasteiger charge is -2.18. The fourth-order valence-electron chi connectivity index (χ4n) is 3.61. The molecule has 6 N–H and O–H groups in total. The van der Waals surface area contributed by atoms with Crippen molar-refractivity contribution < 1.29 is 38.1 Å². The van der Waals surface area contributed by atoms with Gasteiger partial charge in [-0.25, -0.2) is 19.6 Å². The number of anilines is 2. The zero-order chi connectivity index (χ0) is 30.5. The number of esters is 2. The van der Waals surface area contributed by atoms with Crippen LogP contribution in [0.25, 0.3) is 0 Å². The van der Waals surface area contributed by atoms with Crippen molar-refractivity contribution in [2.45, 2.75) is 25.3 Å². The highest BCUT2D eigenvalue weighted by molar-refractivity contribution is 6.02. The molecule has 0 aliphatic rings. The van der Waals surface area contributed by atoms with Gasteiger partial charge in [0.25, 0.3) is 11.8 Å². The molecule has 1 heterocycles. The second-order valence-corrected chi connectivity index (χ2v) is 8.79. The average Bonchev–Trinajstić information content (AvgIpc) is 3.01. The molecular weight excluding hydrogens is 548 g/mol. The third-order valence-corrected chi connectivity index (χ3v) is 5.75. The van der Waals surface area contributed by atoms with Gasteiger partial charge in [0.1, 0.15) is 0 Å². The van der Waals surface area contributed by atoms with E-state index in [4.69, 9.17) is 30.4 Å². The molecule has 0 radical (unpaired) electrons. The largest absolute Gasteiger partial charge is 0.467 e. The van der Waals surface area contributed by atoms with Gasteiger partial charge in [0.05, 0.1) is 40.6 Å². The number of amides is 2. The van der Waals surface area contributed by atoms with Gasteiger partial charge in [-0.1, -0.05) is 60.7 Å². The lowest BCUT2D eigenvalue weighted by molar-refractivity contribution is -0.145. The monoisotopic (exact) mass is 580 g/mol. The first-order valence-electron chi connectivity index (χ1n) is 12.7. The van der Waals surface area contributed by atoms with E-state index in [1.54, 1.807) is 0 Å². The van der Waals surface area contributed by atoms with Crippen molar-refractivity contribution >= 4 is 35.4 Å². The molecule has 14 nitrogen and oxygen atoms in total. The third-order valence-electron chi connectivity index (χ3n) is 5.75. The molecular formula is C28H32N6O8. The summed E-state index contributed by atoms with van der Waals surface area (Å²) in [6, 6.07) is 16.0. The van der Waals surface area contributed by atoms with E-state index in [1.807, 2.05) is 60.7 Å². The molecule has 0 unspecified atom stereocenters. The topological polar surface area (TPSA) is 207 Å². The first kappa shape index (κ1) is 31.4. The van der Waals surface area contributed by atoms with Gasteiger partial charge in [0.2, 0.25) is 0 Å². The average molecular weight is 581 g/mol. The maximum Gasteiger partial charge on any atom is 0.330 e. The van der Waals surface area contributed by atoms with Crippen LogP contribution in [0.3, 0.4) is 0 Å². The van der Waals surface area contributed by atoms with E-state index in [-0.39, 0.29) is 26.4 Å². The highest BCUT2D eigenvalue weighted by Crippen LogP contribution is 2.14. The van der Waals surface area contributed by atoms with Gasteiger partial charge in [0, 0.05) is 0 Å². The van der Waals surface area contributed by atoms with E-state index in [0.29, 0.717) is 0 Å². The standard InChI is InChI=1S/C28H32N6O8/c1-39-27(37)19(15-41-13-17-9-5-3-6-10-17)31-25(35)21-23(29)34-22(24(30)33-21)26(36)32-20(28(38)40-2)16-42-14-18-11-7-4-8-12-18/h3-12,19-20H,13-16H2,1-2H3,(H2,30,33)(H2,29,34)(H,31,35)(H,32,36)/t19-,20-/m0/s1. The number of benzene rings is 2. The molecule has 0 spiro atoms. The Labute approximate surface area is 241 Å². The van der Waals surface area contributed by atoms with E-state index >= 15 is 0 Å². The summed E-state index contributed by atoms with van der Waals surface area (Å²) in [7, 11) is 2.32. The number of hydrogen-bond acceptors (Lipinski definition) is 12. The molecule has 1 aromatic heterocycles. The number of ether oxygens (including phenoxy) is 4. The van der Waals surface area contributed by atoms with Crippen molar-refractivity contribution in [1.82, 2.24) is 20.6 Å². The summed E-state index contributed by atoms with van der Waals surface area (Å²) in [5.74, 6) is -4.24. The van der Waals surface area contributed by atoms with Crippen LogP contribution >= 0.6 is 0 Å². The normalized spacial score (nSPS) is 12.0. The Balaban J connectivity index is 1.66. The Morgan fingerprint density at radius 1 is 0.667 bits per heavy atom. The number of aromatic nitrogens is 2. The van der Waals surface area contributed by atoms with Crippen molar-refractivity contribution in [3.63, 3.8) is 0 Å². The van der Waals surface area contributed by atoms with Crippen LogP contribution in [0.4, 0.5) is 11.6 Å². The second kappa shape index (κ2) is 15.6. The maximum atomic E-state index is 12.9. The molecule has 3 aromatic rings. The number of rotatable bonds is 14. The van der Waals surface area contributed by atoms with Gasteiger partial charge in [-0.2, -0.15) is 0 Å². The quantitative estimate of drug-likeness (QED) is 0.194. The maximum absolute atomic E-state index is 12.9. The molecule has 2 atom stereocenters. The summed E-state index contributed by atoms with van der Waals surface area (Å²) in [6.45, 7) is -0.0463. The van der Waals surface area contributed by atoms with Crippen LogP contribution in [0.15, 0.2) is 60.7 Å². The van der Waals surface area contributed by atoms with Crippen LogP contribution in [0.1, 0.15) is 32.1 Å². The number of carbonyl (C=O) groups excluding carboxylic acids is 4. The highest BCUT2D eigenvalue weighted by Gasteiger charge is 2.28. The lowest BCUT2D eigenvalue weighted by Crippen LogP contribution is -2.46. The summed E-state index contributed by atoms with van der Waals surface area (Å²) < 4.78 is 20.6. The number of methoxy groups -OCH3 is 2. The van der Waals surface area contributed by atoms with E-state index in [1.165, 1.54) is 0 Å². The van der Waals surface area contributed by atoms with Crippen molar-refractivity contribution in [3.05, 3.63) is 83.2 Å². The molecule has 0 aliphatic heterocycles. The Kier molecular flexibility index (Phi) is 11.7. The van der Waals surface area contributed by atoms with E-state index < -0.39 is 58.9 Å². The molecule has 0 bridgehead atoms. The first-order valence-corrected chi connectivity index (χ1v) is 12.7. The minimum Gasteiger partial charge on any atom is -0.467 e. The minimum absolute atomic E-state index is 0.187. The fraction of sp³-hybridized carbons (Fsp3) is 0.286. The van der Waals surface area contributed by atoms with Gasteiger partial charge >= 0.3 is 11.9 Å². The van der Waals surface area contributed by atoms with Gasteiger partial charge in [-0.05, 0) is 11.1 Å². The SMILES string of the molecule is COC(=O)[C@H](COCc1ccccc1)NC(=O)c1nc(N)c(C(=O)N[C@@H](COCc2ccccc2)C(=O)OC)nc1N. The molecule has 0 saturated heterocycles. The first-order chi connectivity index (χ1) is 20.2. The summed E-state index contributed by atoms with van der Waals surface area (Å²) in [5, 5.41) is 4.85. The smallest absolute Gasteiger partial charge is 0.330 e. The van der Waals surface area contributed by atoms with Gasteiger partial charge in [0.15, 0.2) is 35.1 Å².